The number of nitrogens with two attached hydrogens (primary N) is 1. The number of urea groups is 1. The van der Waals surface area contributed by atoms with E-state index in [4.69, 9.17) is 10.5 Å². The maximum absolute atomic E-state index is 12.4. The molecule has 6 aromatic carbocycles. The number of benzene rings is 6. The fourth-order valence-electron chi connectivity index (χ4n) is 4.44. The average molecular weight is 779 g/mol. The molecule has 0 aliphatic carbocycles. The summed E-state index contributed by atoms with van der Waals surface area (Å²) in [6.07, 6.45) is 1.48. The molecule has 282 valence electrons. The third kappa shape index (κ3) is 13.5. The van der Waals surface area contributed by atoms with Gasteiger partial charge in [0.15, 0.2) is 0 Å². The van der Waals surface area contributed by atoms with E-state index in [2.05, 4.69) is 25.1 Å². The van der Waals surface area contributed by atoms with Crippen molar-refractivity contribution in [2.45, 2.75) is 16.7 Å². The molecule has 0 saturated heterocycles. The average Bonchev–Trinajstić information content (AvgIpc) is 3.17. The van der Waals surface area contributed by atoms with E-state index in [1.54, 1.807) is 110 Å². The van der Waals surface area contributed by atoms with Gasteiger partial charge in [-0.15, -0.1) is 0 Å². The van der Waals surface area contributed by atoms with Crippen LogP contribution in [0.1, 0.15) is 5.56 Å². The lowest BCUT2D eigenvalue weighted by atomic mass is 10.2. The minimum Gasteiger partial charge on any atom is -0.497 e. The van der Waals surface area contributed by atoms with E-state index in [1.807, 2.05) is 25.1 Å². The van der Waals surface area contributed by atoms with E-state index in [-0.39, 0.29) is 9.79 Å². The topological polar surface area (TPSA) is 198 Å². The predicted molar refractivity (Wildman–Crippen MR) is 216 cm³/mol. The molecule has 0 unspecified atom stereocenters. The Morgan fingerprint density at radius 1 is 0.582 bits per heavy atom. The molecule has 0 aliphatic heterocycles. The molecule has 15 heteroatoms. The number of nitrogen functional groups attached to an aromatic ring is 1. The highest BCUT2D eigenvalue weighted by Gasteiger charge is 2.15. The number of isocyanates is 1. The van der Waals surface area contributed by atoms with E-state index < -0.39 is 26.1 Å². The predicted octanol–water partition coefficient (Wildman–Crippen LogP) is 8.17. The Morgan fingerprint density at radius 3 is 1.42 bits per heavy atom. The summed E-state index contributed by atoms with van der Waals surface area (Å²) in [6, 6.07) is 43.1. The highest BCUT2D eigenvalue weighted by atomic mass is 32.2. The number of carbonyl (C=O) groups is 1. The van der Waals surface area contributed by atoms with Crippen molar-refractivity contribution in [3.63, 3.8) is 0 Å². The summed E-state index contributed by atoms with van der Waals surface area (Å²) in [4.78, 5) is 25.6. The van der Waals surface area contributed by atoms with Crippen LogP contribution in [-0.4, -0.2) is 36.1 Å². The monoisotopic (exact) mass is 778 g/mol. The molecule has 0 spiro atoms. The smallest absolute Gasteiger partial charge is 0.323 e. The van der Waals surface area contributed by atoms with Gasteiger partial charge in [0.2, 0.25) is 6.08 Å². The first-order valence-corrected chi connectivity index (χ1v) is 19.3. The van der Waals surface area contributed by atoms with Crippen LogP contribution in [0, 0.1) is 6.92 Å². The summed E-state index contributed by atoms with van der Waals surface area (Å²) in [6.45, 7) is 1.98. The van der Waals surface area contributed by atoms with Gasteiger partial charge in [-0.2, -0.15) is 4.99 Å². The Balaban J connectivity index is 0.000000210. The molecular weight excluding hydrogens is 741 g/mol. The fourth-order valence-corrected chi connectivity index (χ4v) is 6.56. The molecule has 6 rings (SSSR count). The lowest BCUT2D eigenvalue weighted by Crippen LogP contribution is -2.19. The largest absolute Gasteiger partial charge is 0.497 e. The minimum atomic E-state index is -3.70. The SMILES string of the molecule is COc1ccc(NC(=O)Nc2ccc(S(=O)(=O)Nc3ccccc3)cc2)cc1.Cc1ccc(N=C=O)cc1.Nc1ccc(S(=O)(=O)Nc2ccccc2)cc1. The Morgan fingerprint density at radius 2 is 1.00 bits per heavy atom. The zero-order valence-electron chi connectivity index (χ0n) is 29.7. The van der Waals surface area contributed by atoms with Crippen LogP contribution in [0.4, 0.5) is 38.9 Å². The number of aryl methyl sites for hydroxylation is 1. The Hall–Kier alpha value is -6.93. The van der Waals surface area contributed by atoms with Crippen LogP contribution >= 0.6 is 0 Å². The first-order valence-electron chi connectivity index (χ1n) is 16.3. The van der Waals surface area contributed by atoms with Crippen molar-refractivity contribution in [1.29, 1.82) is 0 Å². The van der Waals surface area contributed by atoms with Crippen LogP contribution in [0.3, 0.4) is 0 Å². The summed E-state index contributed by atoms with van der Waals surface area (Å²) < 4.78 is 58.8. The van der Waals surface area contributed by atoms with Crippen LogP contribution < -0.4 is 30.5 Å². The molecule has 2 amide bonds. The summed E-state index contributed by atoms with van der Waals surface area (Å²) >= 11 is 0. The number of carbonyl (C=O) groups excluding carboxylic acids is 2. The summed E-state index contributed by atoms with van der Waals surface area (Å²) in [5, 5.41) is 5.33. The molecule has 13 nitrogen and oxygen atoms in total. The molecular formula is C40H38N6O7S2. The first kappa shape index (κ1) is 40.8. The maximum Gasteiger partial charge on any atom is 0.323 e. The second-order valence-corrected chi connectivity index (χ2v) is 14.7. The van der Waals surface area contributed by atoms with Crippen molar-refractivity contribution in [2.24, 2.45) is 4.99 Å². The molecule has 6 N–H and O–H groups in total. The molecule has 0 saturated carbocycles. The summed E-state index contributed by atoms with van der Waals surface area (Å²) in [7, 11) is -5.68. The molecule has 0 bridgehead atoms. The number of amides is 2. The van der Waals surface area contributed by atoms with Gasteiger partial charge in [-0.05, 0) is 116 Å². The molecule has 0 aliphatic rings. The number of hydrogen-bond donors (Lipinski definition) is 5. The van der Waals surface area contributed by atoms with Crippen molar-refractivity contribution in [3.8, 4) is 5.75 Å². The van der Waals surface area contributed by atoms with Gasteiger partial charge in [0, 0.05) is 28.4 Å². The van der Waals surface area contributed by atoms with Crippen molar-refractivity contribution >= 4 is 66.3 Å². The number of rotatable bonds is 10. The van der Waals surface area contributed by atoms with Gasteiger partial charge in [0.05, 0.1) is 22.6 Å². The van der Waals surface area contributed by atoms with Gasteiger partial charge in [0.1, 0.15) is 5.75 Å². The van der Waals surface area contributed by atoms with Crippen molar-refractivity contribution in [3.05, 3.63) is 163 Å². The van der Waals surface area contributed by atoms with Gasteiger partial charge >= 0.3 is 6.03 Å². The van der Waals surface area contributed by atoms with Crippen molar-refractivity contribution in [1.82, 2.24) is 0 Å². The van der Waals surface area contributed by atoms with Gasteiger partial charge in [-0.3, -0.25) is 9.44 Å². The maximum atomic E-state index is 12.4. The standard InChI is InChI=1S/C20H19N3O4S.C12H12N2O2S.C8H7NO/c1-27-18-11-7-15(8-12-18)21-20(24)22-16-9-13-19(14-10-16)28(25,26)23-17-5-3-2-4-6-17;13-10-6-8-12(9-7-10)17(15,16)14-11-4-2-1-3-5-11;1-7-2-4-8(5-3-7)9-6-10/h2-14,23H,1H3,(H2,21,22,24);1-9,14H,13H2;2-5H,1H3. The van der Waals surface area contributed by atoms with Crippen LogP contribution in [0.15, 0.2) is 173 Å². The molecule has 0 heterocycles. The summed E-state index contributed by atoms with van der Waals surface area (Å²) in [5.41, 5.74) is 9.92. The number of methoxy groups -OCH3 is 1. The van der Waals surface area contributed by atoms with E-state index >= 15 is 0 Å². The van der Waals surface area contributed by atoms with Gasteiger partial charge in [-0.1, -0.05) is 54.1 Å². The fraction of sp³-hybridized carbons (Fsp3) is 0.0500. The van der Waals surface area contributed by atoms with E-state index in [9.17, 15) is 26.4 Å². The summed E-state index contributed by atoms with van der Waals surface area (Å²) in [5.74, 6) is 0.687. The van der Waals surface area contributed by atoms with Crippen molar-refractivity contribution < 1.29 is 31.2 Å². The molecule has 55 heavy (non-hydrogen) atoms. The first-order chi connectivity index (χ1) is 26.4. The highest BCUT2D eigenvalue weighted by molar-refractivity contribution is 7.93. The van der Waals surface area contributed by atoms with Gasteiger partial charge in [-0.25, -0.2) is 26.4 Å². The number of nitrogens with zero attached hydrogens (tertiary/aromatic N) is 1. The lowest BCUT2D eigenvalue weighted by molar-refractivity contribution is 0.262. The molecule has 0 atom stereocenters. The van der Waals surface area contributed by atoms with Crippen LogP contribution in [0.2, 0.25) is 0 Å². The minimum absolute atomic E-state index is 0.0949. The molecule has 6 aromatic rings. The van der Waals surface area contributed by atoms with E-state index in [1.165, 1.54) is 42.5 Å². The Kier molecular flexibility index (Phi) is 14.7. The van der Waals surface area contributed by atoms with E-state index in [0.717, 1.165) is 5.56 Å². The number of para-hydroxylation sites is 2. The zero-order valence-corrected chi connectivity index (χ0v) is 31.3. The quantitative estimate of drug-likeness (QED) is 0.0521. The second kappa shape index (κ2) is 19.8. The number of ether oxygens (including phenoxy) is 1. The normalized spacial score (nSPS) is 10.4. The second-order valence-electron chi connectivity index (χ2n) is 11.4. The van der Waals surface area contributed by atoms with Crippen LogP contribution in [0.25, 0.3) is 0 Å². The molecule has 0 aromatic heterocycles. The third-order valence-electron chi connectivity index (χ3n) is 7.22. The molecule has 0 radical (unpaired) electrons. The third-order valence-corrected chi connectivity index (χ3v) is 10.0. The van der Waals surface area contributed by atoms with E-state index in [0.29, 0.717) is 39.9 Å². The Bertz CT molecular complexity index is 2390. The van der Waals surface area contributed by atoms with Crippen LogP contribution in [0.5, 0.6) is 5.75 Å². The molecule has 0 fully saturated rings. The highest BCUT2D eigenvalue weighted by Crippen LogP contribution is 2.20. The Labute approximate surface area is 320 Å². The van der Waals surface area contributed by atoms with Gasteiger partial charge < -0.3 is 21.1 Å². The number of anilines is 5. The number of hydrogen-bond acceptors (Lipinski definition) is 9. The van der Waals surface area contributed by atoms with Crippen LogP contribution in [-0.2, 0) is 24.8 Å². The number of sulfonamides is 2. The van der Waals surface area contributed by atoms with Gasteiger partial charge in [0.25, 0.3) is 20.0 Å². The van der Waals surface area contributed by atoms with Crippen molar-refractivity contribution in [2.75, 3.05) is 32.9 Å². The lowest BCUT2D eigenvalue weighted by Gasteiger charge is -2.10. The number of aliphatic imine (C=N–C) groups is 1. The number of nitrogens with one attached hydrogen (secondary N) is 4. The zero-order chi connectivity index (χ0) is 39.7.